The Bertz CT molecular complexity index is 958. The molecule has 1 atom stereocenters. The van der Waals surface area contributed by atoms with Gasteiger partial charge < -0.3 is 20.2 Å². The Morgan fingerprint density at radius 3 is 2.74 bits per heavy atom. The fourth-order valence-corrected chi connectivity index (χ4v) is 3.05. The molecule has 6 nitrogen and oxygen atoms in total. The lowest BCUT2D eigenvalue weighted by atomic mass is 10.2. The third kappa shape index (κ3) is 4.73. The number of amides is 2. The molecule has 0 saturated carbocycles. The Morgan fingerprint density at radius 1 is 1.22 bits per heavy atom. The molecule has 27 heavy (non-hydrogen) atoms. The van der Waals surface area contributed by atoms with Crippen LogP contribution in [-0.4, -0.2) is 23.5 Å². The number of anilines is 1. The van der Waals surface area contributed by atoms with Gasteiger partial charge >= 0.3 is 11.8 Å². The van der Waals surface area contributed by atoms with E-state index >= 15 is 0 Å². The Hall–Kier alpha value is -2.68. The minimum absolute atomic E-state index is 0.175. The van der Waals surface area contributed by atoms with Gasteiger partial charge in [-0.3, -0.25) is 9.59 Å². The van der Waals surface area contributed by atoms with Crippen molar-refractivity contribution < 1.29 is 23.5 Å². The van der Waals surface area contributed by atoms with Crippen LogP contribution in [0.1, 0.15) is 11.9 Å². The summed E-state index contributed by atoms with van der Waals surface area (Å²) in [5.74, 6) is -1.70. The molecule has 3 rings (SSSR count). The van der Waals surface area contributed by atoms with E-state index in [1.54, 1.807) is 12.1 Å². The Labute approximate surface area is 162 Å². The SMILES string of the molecule is O=C(NC[C@@H](O)c1ccc(-c2ccsc2)o1)C(=O)Nc1ccc(F)c(Cl)c1. The minimum atomic E-state index is -1.12. The summed E-state index contributed by atoms with van der Waals surface area (Å²) >= 11 is 7.14. The molecule has 0 bridgehead atoms. The third-order valence-corrected chi connectivity index (χ3v) is 4.57. The maximum absolute atomic E-state index is 13.1. The molecule has 0 unspecified atom stereocenters. The number of halogens is 2. The molecule has 9 heteroatoms. The maximum Gasteiger partial charge on any atom is 0.313 e. The van der Waals surface area contributed by atoms with Gasteiger partial charge in [0.25, 0.3) is 0 Å². The summed E-state index contributed by atoms with van der Waals surface area (Å²) in [5, 5.41) is 18.3. The van der Waals surface area contributed by atoms with E-state index in [1.165, 1.54) is 23.5 Å². The van der Waals surface area contributed by atoms with Crippen LogP contribution in [0.5, 0.6) is 0 Å². The van der Waals surface area contributed by atoms with Crippen molar-refractivity contribution >= 4 is 40.4 Å². The molecule has 0 aliphatic carbocycles. The number of aliphatic hydroxyl groups is 1. The number of hydrogen-bond donors (Lipinski definition) is 3. The zero-order valence-electron chi connectivity index (χ0n) is 13.7. The molecule has 2 amide bonds. The van der Waals surface area contributed by atoms with Crippen LogP contribution in [0.15, 0.2) is 51.6 Å². The van der Waals surface area contributed by atoms with Crippen LogP contribution in [0.4, 0.5) is 10.1 Å². The van der Waals surface area contributed by atoms with Crippen molar-refractivity contribution in [3.8, 4) is 11.3 Å². The molecule has 3 N–H and O–H groups in total. The summed E-state index contributed by atoms with van der Waals surface area (Å²) in [5.41, 5.74) is 1.06. The van der Waals surface area contributed by atoms with E-state index in [2.05, 4.69) is 10.6 Å². The normalized spacial score (nSPS) is 11.8. The van der Waals surface area contributed by atoms with Gasteiger partial charge in [0, 0.05) is 16.6 Å². The van der Waals surface area contributed by atoms with Crippen molar-refractivity contribution in [2.24, 2.45) is 0 Å². The number of nitrogens with one attached hydrogen (secondary N) is 2. The number of furan rings is 1. The third-order valence-electron chi connectivity index (χ3n) is 3.60. The second-order valence-electron chi connectivity index (χ2n) is 5.52. The van der Waals surface area contributed by atoms with E-state index in [4.69, 9.17) is 16.0 Å². The molecule has 140 valence electrons. The summed E-state index contributed by atoms with van der Waals surface area (Å²) in [6.45, 7) is -0.215. The minimum Gasteiger partial charge on any atom is -0.458 e. The molecule has 2 aromatic heterocycles. The van der Waals surface area contributed by atoms with E-state index in [9.17, 15) is 19.1 Å². The molecular weight excluding hydrogens is 395 g/mol. The topological polar surface area (TPSA) is 91.6 Å². The van der Waals surface area contributed by atoms with Crippen molar-refractivity contribution in [3.63, 3.8) is 0 Å². The molecule has 0 aliphatic heterocycles. The van der Waals surface area contributed by atoms with Gasteiger partial charge in [0.05, 0.1) is 11.6 Å². The van der Waals surface area contributed by atoms with Gasteiger partial charge in [-0.05, 0) is 41.8 Å². The first kappa shape index (κ1) is 19.1. The van der Waals surface area contributed by atoms with Crippen LogP contribution in [0, 0.1) is 5.82 Å². The van der Waals surface area contributed by atoms with E-state index in [0.29, 0.717) is 5.76 Å². The van der Waals surface area contributed by atoms with Crippen molar-refractivity contribution in [1.82, 2.24) is 5.32 Å². The summed E-state index contributed by atoms with van der Waals surface area (Å²) in [6, 6.07) is 8.73. The summed E-state index contributed by atoms with van der Waals surface area (Å²) in [4.78, 5) is 23.7. The zero-order chi connectivity index (χ0) is 19.4. The largest absolute Gasteiger partial charge is 0.458 e. The zero-order valence-corrected chi connectivity index (χ0v) is 15.3. The number of thiophene rings is 1. The highest BCUT2D eigenvalue weighted by Gasteiger charge is 2.18. The number of rotatable bonds is 5. The first-order valence-electron chi connectivity index (χ1n) is 7.78. The number of carbonyl (C=O) groups excluding carboxylic acids is 2. The average Bonchev–Trinajstić information content (AvgIpc) is 3.33. The second-order valence-corrected chi connectivity index (χ2v) is 6.71. The van der Waals surface area contributed by atoms with E-state index in [-0.39, 0.29) is 23.0 Å². The van der Waals surface area contributed by atoms with Gasteiger partial charge in [-0.1, -0.05) is 11.6 Å². The van der Waals surface area contributed by atoms with Gasteiger partial charge in [-0.2, -0.15) is 11.3 Å². The first-order valence-corrected chi connectivity index (χ1v) is 9.10. The number of benzene rings is 1. The molecule has 0 spiro atoms. The molecule has 0 saturated heterocycles. The molecular formula is C18H14ClFN2O4S. The Kier molecular flexibility index (Phi) is 5.90. The van der Waals surface area contributed by atoms with Crippen LogP contribution in [0.3, 0.4) is 0 Å². The number of carbonyl (C=O) groups is 2. The van der Waals surface area contributed by atoms with Gasteiger partial charge in [-0.25, -0.2) is 4.39 Å². The average molecular weight is 409 g/mol. The van der Waals surface area contributed by atoms with Crippen LogP contribution in [0.25, 0.3) is 11.3 Å². The maximum atomic E-state index is 13.1. The fourth-order valence-electron chi connectivity index (χ4n) is 2.22. The van der Waals surface area contributed by atoms with Gasteiger partial charge in [0.15, 0.2) is 0 Å². The number of hydrogen-bond acceptors (Lipinski definition) is 5. The van der Waals surface area contributed by atoms with Crippen molar-refractivity contribution in [3.05, 3.63) is 63.8 Å². The molecule has 3 aromatic rings. The summed E-state index contributed by atoms with van der Waals surface area (Å²) < 4.78 is 18.7. The van der Waals surface area contributed by atoms with Crippen molar-refractivity contribution in [1.29, 1.82) is 0 Å². The van der Waals surface area contributed by atoms with Gasteiger partial charge in [0.1, 0.15) is 23.4 Å². The van der Waals surface area contributed by atoms with Crippen molar-refractivity contribution in [2.75, 3.05) is 11.9 Å². The van der Waals surface area contributed by atoms with E-state index in [1.807, 2.05) is 16.8 Å². The Morgan fingerprint density at radius 2 is 2.04 bits per heavy atom. The van der Waals surface area contributed by atoms with Gasteiger partial charge in [0.2, 0.25) is 0 Å². The van der Waals surface area contributed by atoms with Crippen LogP contribution >= 0.6 is 22.9 Å². The van der Waals surface area contributed by atoms with Crippen LogP contribution < -0.4 is 10.6 Å². The predicted molar refractivity (Wildman–Crippen MR) is 100 cm³/mol. The highest BCUT2D eigenvalue weighted by atomic mass is 35.5. The lowest BCUT2D eigenvalue weighted by Gasteiger charge is -2.10. The van der Waals surface area contributed by atoms with Crippen molar-refractivity contribution in [2.45, 2.75) is 6.10 Å². The predicted octanol–water partition coefficient (Wildman–Crippen LogP) is 3.59. The molecule has 0 fully saturated rings. The van der Waals surface area contributed by atoms with E-state index in [0.717, 1.165) is 11.6 Å². The summed E-state index contributed by atoms with van der Waals surface area (Å²) in [6.07, 6.45) is -1.12. The Balaban J connectivity index is 1.53. The quantitative estimate of drug-likeness (QED) is 0.562. The second kappa shape index (κ2) is 8.34. The molecule has 0 aliphatic rings. The monoisotopic (exact) mass is 408 g/mol. The van der Waals surface area contributed by atoms with Crippen LogP contribution in [0.2, 0.25) is 5.02 Å². The fraction of sp³-hybridized carbons (Fsp3) is 0.111. The number of aliphatic hydroxyl groups excluding tert-OH is 1. The molecule has 1 aromatic carbocycles. The lowest BCUT2D eigenvalue weighted by molar-refractivity contribution is -0.136. The standard InChI is InChI=1S/C18H14ClFN2O4S/c19-12-7-11(1-2-13(12)20)22-18(25)17(24)21-8-14(23)16-4-3-15(26-16)10-5-6-27-9-10/h1-7,9,14,23H,8H2,(H,21,24)(H,22,25)/t14-/m1/s1. The van der Waals surface area contributed by atoms with Gasteiger partial charge in [-0.15, -0.1) is 0 Å². The summed E-state index contributed by atoms with van der Waals surface area (Å²) in [7, 11) is 0. The lowest BCUT2D eigenvalue weighted by Crippen LogP contribution is -2.37. The van der Waals surface area contributed by atoms with Crippen LogP contribution in [-0.2, 0) is 9.59 Å². The first-order chi connectivity index (χ1) is 12.9. The molecule has 2 heterocycles. The highest BCUT2D eigenvalue weighted by molar-refractivity contribution is 7.08. The highest BCUT2D eigenvalue weighted by Crippen LogP contribution is 2.26. The molecule has 0 radical (unpaired) electrons. The van der Waals surface area contributed by atoms with E-state index < -0.39 is 23.7 Å². The smallest absolute Gasteiger partial charge is 0.313 e.